The minimum Gasteiger partial charge on any atom is -0.478 e. The monoisotopic (exact) mass is 392 g/mol. The fourth-order valence-corrected chi connectivity index (χ4v) is 3.09. The van der Waals surface area contributed by atoms with Crippen LogP contribution >= 0.6 is 0 Å². The summed E-state index contributed by atoms with van der Waals surface area (Å²) in [6.45, 7) is 6.01. The van der Waals surface area contributed by atoms with Gasteiger partial charge in [-0.1, -0.05) is 36.4 Å². The predicted octanol–water partition coefficient (Wildman–Crippen LogP) is 4.87. The normalized spacial score (nSPS) is 11.3. The average molecular weight is 392 g/mol. The van der Waals surface area contributed by atoms with E-state index in [1.807, 2.05) is 51.1 Å². The third kappa shape index (κ3) is 5.10. The predicted molar refractivity (Wildman–Crippen MR) is 111 cm³/mol. The third-order valence-corrected chi connectivity index (χ3v) is 4.34. The van der Waals surface area contributed by atoms with E-state index in [-0.39, 0.29) is 18.7 Å². The maximum Gasteiger partial charge on any atom is 0.410 e. The molecule has 1 N–H and O–H groups in total. The lowest BCUT2D eigenvalue weighted by atomic mass is 9.99. The van der Waals surface area contributed by atoms with E-state index >= 15 is 0 Å². The minimum atomic E-state index is -0.981. The lowest BCUT2D eigenvalue weighted by molar-refractivity contribution is 0.0214. The first-order chi connectivity index (χ1) is 13.7. The lowest BCUT2D eigenvalue weighted by Gasteiger charge is -2.27. The van der Waals surface area contributed by atoms with Gasteiger partial charge >= 0.3 is 12.1 Å². The molecule has 0 saturated carbocycles. The highest BCUT2D eigenvalue weighted by atomic mass is 16.6. The highest BCUT2D eigenvalue weighted by Gasteiger charge is 2.24. The largest absolute Gasteiger partial charge is 0.478 e. The molecule has 0 radical (unpaired) electrons. The van der Waals surface area contributed by atoms with Crippen LogP contribution in [0.2, 0.25) is 0 Å². The summed E-state index contributed by atoms with van der Waals surface area (Å²) in [6, 6.07) is 16.2. The topological polar surface area (TPSA) is 79.7 Å². The van der Waals surface area contributed by atoms with Gasteiger partial charge in [-0.2, -0.15) is 0 Å². The Labute approximate surface area is 169 Å². The van der Waals surface area contributed by atoms with E-state index in [4.69, 9.17) is 4.74 Å². The molecule has 3 rings (SSSR count). The second-order valence-corrected chi connectivity index (χ2v) is 7.78. The summed E-state index contributed by atoms with van der Waals surface area (Å²) in [6.07, 6.45) is 1.23. The molecule has 0 atom stereocenters. The maximum atomic E-state index is 12.9. The van der Waals surface area contributed by atoms with Crippen LogP contribution < -0.4 is 0 Å². The van der Waals surface area contributed by atoms with Gasteiger partial charge in [0.25, 0.3) is 0 Å². The summed E-state index contributed by atoms with van der Waals surface area (Å²) in [4.78, 5) is 30.3. The number of nitrogens with zero attached hydrogens (tertiary/aromatic N) is 2. The van der Waals surface area contributed by atoms with Crippen LogP contribution in [0.5, 0.6) is 0 Å². The number of carbonyl (C=O) groups is 2. The van der Waals surface area contributed by atoms with Gasteiger partial charge < -0.3 is 9.84 Å². The second-order valence-electron chi connectivity index (χ2n) is 7.78. The lowest BCUT2D eigenvalue weighted by Crippen LogP contribution is -2.36. The smallest absolute Gasteiger partial charge is 0.410 e. The molecule has 0 aliphatic heterocycles. The minimum absolute atomic E-state index is 0.234. The number of hydrogen-bond acceptors (Lipinski definition) is 4. The molecule has 6 nitrogen and oxygen atoms in total. The van der Waals surface area contributed by atoms with Crippen LogP contribution in [0, 0.1) is 0 Å². The molecule has 29 heavy (non-hydrogen) atoms. The highest BCUT2D eigenvalue weighted by Crippen LogP contribution is 2.25. The van der Waals surface area contributed by atoms with Crippen molar-refractivity contribution in [3.63, 3.8) is 0 Å². The Kier molecular flexibility index (Phi) is 5.82. The molecule has 0 unspecified atom stereocenters. The molecule has 1 amide bonds. The molecule has 1 heterocycles. The Balaban J connectivity index is 1.98. The van der Waals surface area contributed by atoms with Crippen LogP contribution in [0.3, 0.4) is 0 Å². The van der Waals surface area contributed by atoms with E-state index in [1.54, 1.807) is 35.4 Å². The van der Waals surface area contributed by atoms with Crippen molar-refractivity contribution in [3.8, 4) is 0 Å². The van der Waals surface area contributed by atoms with Gasteiger partial charge in [0.05, 0.1) is 24.3 Å². The number of ether oxygens (including phenoxy) is 1. The standard InChI is InChI=1S/C23H24N2O4/c1-23(2,3)29-22(28)25(15-17-8-6-7-13-24-17)14-16-11-12-20(21(26)27)19-10-5-4-9-18(16)19/h4-13H,14-15H2,1-3H3,(H,26,27). The van der Waals surface area contributed by atoms with E-state index in [1.165, 1.54) is 0 Å². The Morgan fingerprint density at radius 2 is 1.66 bits per heavy atom. The van der Waals surface area contributed by atoms with Gasteiger partial charge in [0.1, 0.15) is 5.60 Å². The number of aromatic carboxylic acids is 1. The van der Waals surface area contributed by atoms with Crippen molar-refractivity contribution in [3.05, 3.63) is 77.6 Å². The van der Waals surface area contributed by atoms with Crippen LogP contribution in [0.1, 0.15) is 42.4 Å². The first-order valence-corrected chi connectivity index (χ1v) is 9.36. The van der Waals surface area contributed by atoms with Crippen molar-refractivity contribution in [2.45, 2.75) is 39.5 Å². The molecule has 0 aliphatic carbocycles. The Morgan fingerprint density at radius 3 is 2.28 bits per heavy atom. The van der Waals surface area contributed by atoms with Crippen molar-refractivity contribution >= 4 is 22.8 Å². The number of carbonyl (C=O) groups excluding carboxylic acids is 1. The van der Waals surface area contributed by atoms with Gasteiger partial charge in [0.15, 0.2) is 0 Å². The molecule has 0 fully saturated rings. The Bertz CT molecular complexity index is 1030. The molecular formula is C23H24N2O4. The molecule has 0 saturated heterocycles. The number of rotatable bonds is 5. The van der Waals surface area contributed by atoms with E-state index in [0.717, 1.165) is 16.6 Å². The molecule has 1 aromatic heterocycles. The number of fused-ring (bicyclic) bond motifs is 1. The zero-order chi connectivity index (χ0) is 21.0. The van der Waals surface area contributed by atoms with E-state index in [0.29, 0.717) is 5.39 Å². The summed E-state index contributed by atoms with van der Waals surface area (Å²) >= 11 is 0. The fourth-order valence-electron chi connectivity index (χ4n) is 3.09. The Morgan fingerprint density at radius 1 is 0.966 bits per heavy atom. The van der Waals surface area contributed by atoms with Crippen molar-refractivity contribution in [2.75, 3.05) is 0 Å². The van der Waals surface area contributed by atoms with Gasteiger partial charge in [0.2, 0.25) is 0 Å². The number of carboxylic acid groups (broad SMARTS) is 1. The number of benzene rings is 2. The molecule has 2 aromatic carbocycles. The summed E-state index contributed by atoms with van der Waals surface area (Å²) in [5, 5.41) is 10.9. The SMILES string of the molecule is CC(C)(C)OC(=O)N(Cc1ccccn1)Cc1ccc(C(=O)O)c2ccccc12. The molecular weight excluding hydrogens is 368 g/mol. The van der Waals surface area contributed by atoms with E-state index in [9.17, 15) is 14.7 Å². The second kappa shape index (κ2) is 8.31. The summed E-state index contributed by atoms with van der Waals surface area (Å²) in [7, 11) is 0. The number of pyridine rings is 1. The van der Waals surface area contributed by atoms with Crippen molar-refractivity contribution in [1.29, 1.82) is 0 Å². The number of amides is 1. The number of aromatic nitrogens is 1. The molecule has 3 aromatic rings. The van der Waals surface area contributed by atoms with Gasteiger partial charge in [-0.05, 0) is 55.3 Å². The van der Waals surface area contributed by atoms with Crippen molar-refractivity contribution < 1.29 is 19.4 Å². The molecule has 0 aliphatic rings. The number of hydrogen-bond donors (Lipinski definition) is 1. The van der Waals surface area contributed by atoms with Crippen LogP contribution in [0.15, 0.2) is 60.8 Å². The summed E-state index contributed by atoms with van der Waals surface area (Å²) in [5.74, 6) is -0.981. The maximum absolute atomic E-state index is 12.9. The zero-order valence-electron chi connectivity index (χ0n) is 16.8. The van der Waals surface area contributed by atoms with Gasteiger partial charge in [-0.3, -0.25) is 9.88 Å². The third-order valence-electron chi connectivity index (χ3n) is 4.34. The fraction of sp³-hybridized carbons (Fsp3) is 0.261. The van der Waals surface area contributed by atoms with Gasteiger partial charge in [-0.25, -0.2) is 9.59 Å². The van der Waals surface area contributed by atoms with Crippen LogP contribution in [-0.4, -0.2) is 32.7 Å². The zero-order valence-corrected chi connectivity index (χ0v) is 16.8. The first kappa shape index (κ1) is 20.3. The molecule has 150 valence electrons. The highest BCUT2D eigenvalue weighted by molar-refractivity contribution is 6.04. The van der Waals surface area contributed by atoms with Crippen LogP contribution in [0.25, 0.3) is 10.8 Å². The summed E-state index contributed by atoms with van der Waals surface area (Å²) < 4.78 is 5.58. The molecule has 0 bridgehead atoms. The number of carboxylic acids is 1. The quantitative estimate of drug-likeness (QED) is 0.670. The molecule has 0 spiro atoms. The first-order valence-electron chi connectivity index (χ1n) is 9.36. The van der Waals surface area contributed by atoms with Gasteiger partial charge in [-0.15, -0.1) is 0 Å². The van der Waals surface area contributed by atoms with Crippen LogP contribution in [0.4, 0.5) is 4.79 Å². The van der Waals surface area contributed by atoms with Crippen molar-refractivity contribution in [1.82, 2.24) is 9.88 Å². The van der Waals surface area contributed by atoms with Gasteiger partial charge in [0, 0.05) is 6.20 Å². The van der Waals surface area contributed by atoms with Crippen LogP contribution in [-0.2, 0) is 17.8 Å². The van der Waals surface area contributed by atoms with Crippen molar-refractivity contribution in [2.24, 2.45) is 0 Å². The summed E-state index contributed by atoms with van der Waals surface area (Å²) in [5.41, 5.74) is 1.18. The average Bonchev–Trinajstić information content (AvgIpc) is 2.67. The van der Waals surface area contributed by atoms with E-state index < -0.39 is 17.7 Å². The van der Waals surface area contributed by atoms with E-state index in [2.05, 4.69) is 4.98 Å². The molecule has 6 heteroatoms. The Hall–Kier alpha value is -3.41.